The summed E-state index contributed by atoms with van der Waals surface area (Å²) in [4.78, 5) is 5.93. The molecule has 152 valence electrons. The topological polar surface area (TPSA) is 46.5 Å². The van der Waals surface area contributed by atoms with Crippen molar-refractivity contribution in [2.75, 3.05) is 0 Å². The molecule has 7 heteroatoms. The minimum Gasteiger partial charge on any atom is -0.255 e. The van der Waals surface area contributed by atoms with Gasteiger partial charge in [-0.1, -0.05) is 47.7 Å². The first kappa shape index (κ1) is 20.5. The van der Waals surface area contributed by atoms with Gasteiger partial charge in [0, 0.05) is 21.6 Å². The van der Waals surface area contributed by atoms with Crippen molar-refractivity contribution in [1.82, 2.24) is 0 Å². The molecular formula is C23H17F2NO2S2. The van der Waals surface area contributed by atoms with Crippen LogP contribution in [0.5, 0.6) is 0 Å². The first-order chi connectivity index (χ1) is 14.3. The summed E-state index contributed by atoms with van der Waals surface area (Å²) in [6.45, 7) is 2.01. The maximum absolute atomic E-state index is 13.9. The smallest absolute Gasteiger partial charge is 0.182 e. The highest BCUT2D eigenvalue weighted by Crippen LogP contribution is 2.40. The van der Waals surface area contributed by atoms with Crippen LogP contribution in [-0.4, -0.2) is 14.6 Å². The highest BCUT2D eigenvalue weighted by Gasteiger charge is 2.22. The van der Waals surface area contributed by atoms with E-state index < -0.39 is 32.8 Å². The fourth-order valence-electron chi connectivity index (χ4n) is 3.00. The van der Waals surface area contributed by atoms with Gasteiger partial charge in [-0.25, -0.2) is 17.2 Å². The second kappa shape index (κ2) is 8.16. The van der Waals surface area contributed by atoms with Gasteiger partial charge in [-0.3, -0.25) is 4.99 Å². The Labute approximate surface area is 178 Å². The molecular weight excluding hydrogens is 424 g/mol. The van der Waals surface area contributed by atoms with E-state index in [1.807, 2.05) is 37.3 Å². The molecule has 0 N–H and O–H groups in total. The largest absolute Gasteiger partial charge is 0.255 e. The summed E-state index contributed by atoms with van der Waals surface area (Å²) in [6.07, 6.45) is 3.70. The van der Waals surface area contributed by atoms with Crippen LogP contribution in [0.1, 0.15) is 16.7 Å². The number of thioether (sulfide) groups is 1. The molecule has 0 saturated heterocycles. The van der Waals surface area contributed by atoms with Crippen molar-refractivity contribution in [3.63, 3.8) is 0 Å². The van der Waals surface area contributed by atoms with Gasteiger partial charge in [0.25, 0.3) is 0 Å². The Morgan fingerprint density at radius 1 is 1.00 bits per heavy atom. The number of sulfone groups is 1. The van der Waals surface area contributed by atoms with Gasteiger partial charge in [-0.05, 0) is 48.9 Å². The number of hydrogen-bond donors (Lipinski definition) is 0. The standard InChI is InChI=1S/C23H17F2NO2S2/c1-15-5-7-16(8-6-15)11-17-13-26-22-10-9-18(12-23(22)29-17)30(27,28)14-19-20(24)3-2-4-21(19)25/h2-13H,14H2,1H3/b17-11-. The van der Waals surface area contributed by atoms with E-state index in [0.29, 0.717) is 10.6 Å². The van der Waals surface area contributed by atoms with E-state index in [1.165, 1.54) is 30.0 Å². The van der Waals surface area contributed by atoms with E-state index in [9.17, 15) is 17.2 Å². The Morgan fingerprint density at radius 3 is 2.40 bits per heavy atom. The summed E-state index contributed by atoms with van der Waals surface area (Å²) in [6, 6.07) is 15.8. The maximum Gasteiger partial charge on any atom is 0.182 e. The third kappa shape index (κ3) is 4.37. The molecule has 0 fully saturated rings. The molecule has 1 aliphatic rings. The average molecular weight is 442 g/mol. The van der Waals surface area contributed by atoms with Gasteiger partial charge in [-0.15, -0.1) is 0 Å². The van der Waals surface area contributed by atoms with Gasteiger partial charge >= 0.3 is 0 Å². The van der Waals surface area contributed by atoms with E-state index >= 15 is 0 Å². The summed E-state index contributed by atoms with van der Waals surface area (Å²) in [7, 11) is -3.94. The lowest BCUT2D eigenvalue weighted by molar-refractivity contribution is 0.555. The summed E-state index contributed by atoms with van der Waals surface area (Å²) < 4.78 is 53.4. The van der Waals surface area contributed by atoms with Crippen LogP contribution in [0.15, 0.2) is 80.4 Å². The van der Waals surface area contributed by atoms with Gasteiger partial charge < -0.3 is 0 Å². The van der Waals surface area contributed by atoms with Gasteiger partial charge in [0.1, 0.15) is 11.6 Å². The quantitative estimate of drug-likeness (QED) is 0.492. The first-order valence-corrected chi connectivity index (χ1v) is 11.6. The number of benzene rings is 3. The molecule has 0 amide bonds. The fourth-order valence-corrected chi connectivity index (χ4v) is 5.44. The predicted molar refractivity (Wildman–Crippen MR) is 117 cm³/mol. The molecule has 0 aliphatic carbocycles. The summed E-state index contributed by atoms with van der Waals surface area (Å²) in [5, 5.41) is 0. The highest BCUT2D eigenvalue weighted by molar-refractivity contribution is 8.04. The van der Waals surface area contributed by atoms with E-state index in [1.54, 1.807) is 12.3 Å². The molecule has 4 rings (SSSR count). The lowest BCUT2D eigenvalue weighted by Gasteiger charge is -2.14. The lowest BCUT2D eigenvalue weighted by Crippen LogP contribution is -2.08. The van der Waals surface area contributed by atoms with Crippen molar-refractivity contribution >= 4 is 39.6 Å². The molecule has 0 saturated carbocycles. The van der Waals surface area contributed by atoms with Crippen LogP contribution < -0.4 is 0 Å². The van der Waals surface area contributed by atoms with Crippen molar-refractivity contribution in [3.05, 3.63) is 93.9 Å². The normalized spacial score (nSPS) is 14.7. The molecule has 0 atom stereocenters. The SMILES string of the molecule is Cc1ccc(/C=C2/C=Nc3ccc(S(=O)(=O)Cc4c(F)cccc4F)cc3S2)cc1. The number of aryl methyl sites for hydroxylation is 1. The lowest BCUT2D eigenvalue weighted by atomic mass is 10.1. The van der Waals surface area contributed by atoms with Gasteiger partial charge in [0.15, 0.2) is 9.84 Å². The predicted octanol–water partition coefficient (Wildman–Crippen LogP) is 6.10. The number of halogens is 2. The van der Waals surface area contributed by atoms with Crippen LogP contribution in [0.3, 0.4) is 0 Å². The molecule has 0 radical (unpaired) electrons. The first-order valence-electron chi connectivity index (χ1n) is 9.12. The molecule has 0 bridgehead atoms. The zero-order chi connectivity index (χ0) is 21.3. The van der Waals surface area contributed by atoms with Gasteiger partial charge in [0.2, 0.25) is 0 Å². The number of rotatable bonds is 4. The Morgan fingerprint density at radius 2 is 1.70 bits per heavy atom. The third-order valence-corrected chi connectivity index (χ3v) is 7.28. The molecule has 30 heavy (non-hydrogen) atoms. The van der Waals surface area contributed by atoms with Gasteiger partial charge in [-0.2, -0.15) is 0 Å². The molecule has 1 aliphatic heterocycles. The Bertz CT molecular complexity index is 1260. The Kier molecular flexibility index (Phi) is 5.58. The molecule has 3 nitrogen and oxygen atoms in total. The van der Waals surface area contributed by atoms with E-state index in [0.717, 1.165) is 28.2 Å². The molecule has 0 unspecified atom stereocenters. The van der Waals surface area contributed by atoms with E-state index in [4.69, 9.17) is 0 Å². The average Bonchev–Trinajstić information content (AvgIpc) is 2.72. The van der Waals surface area contributed by atoms with Gasteiger partial charge in [0.05, 0.1) is 16.3 Å². The van der Waals surface area contributed by atoms with Crippen molar-refractivity contribution in [2.45, 2.75) is 22.5 Å². The second-order valence-electron chi connectivity index (χ2n) is 6.91. The number of fused-ring (bicyclic) bond motifs is 1. The van der Waals surface area contributed by atoms with Crippen LogP contribution in [0.4, 0.5) is 14.5 Å². The van der Waals surface area contributed by atoms with E-state index in [-0.39, 0.29) is 4.90 Å². The minimum absolute atomic E-state index is 0.00295. The molecule has 0 spiro atoms. The molecule has 3 aromatic carbocycles. The number of aliphatic imine (C=N–C) groups is 1. The van der Waals surface area contributed by atoms with Crippen LogP contribution in [0, 0.1) is 18.6 Å². The van der Waals surface area contributed by atoms with Crippen molar-refractivity contribution in [2.24, 2.45) is 4.99 Å². The Balaban J connectivity index is 1.63. The second-order valence-corrected chi connectivity index (χ2v) is 10.0. The van der Waals surface area contributed by atoms with Crippen molar-refractivity contribution in [3.8, 4) is 0 Å². The summed E-state index contributed by atoms with van der Waals surface area (Å²) in [5.41, 5.74) is 2.36. The highest BCUT2D eigenvalue weighted by atomic mass is 32.2. The molecule has 1 heterocycles. The third-order valence-electron chi connectivity index (χ3n) is 4.63. The number of nitrogens with zero attached hydrogens (tertiary/aromatic N) is 1. The number of allylic oxidation sites excluding steroid dienone is 1. The Hall–Kier alpha value is -2.77. The molecule has 3 aromatic rings. The number of hydrogen-bond acceptors (Lipinski definition) is 4. The summed E-state index contributed by atoms with van der Waals surface area (Å²) >= 11 is 1.40. The van der Waals surface area contributed by atoms with Crippen LogP contribution in [-0.2, 0) is 15.6 Å². The molecule has 0 aromatic heterocycles. The van der Waals surface area contributed by atoms with Crippen LogP contribution in [0.2, 0.25) is 0 Å². The fraction of sp³-hybridized carbons (Fsp3) is 0.0870. The zero-order valence-corrected chi connectivity index (χ0v) is 17.6. The zero-order valence-electron chi connectivity index (χ0n) is 16.0. The van der Waals surface area contributed by atoms with Crippen LogP contribution >= 0.6 is 11.8 Å². The maximum atomic E-state index is 13.9. The monoisotopic (exact) mass is 441 g/mol. The van der Waals surface area contributed by atoms with E-state index in [2.05, 4.69) is 4.99 Å². The minimum atomic E-state index is -3.94. The van der Waals surface area contributed by atoms with Crippen LogP contribution in [0.25, 0.3) is 6.08 Å². The van der Waals surface area contributed by atoms with Crippen molar-refractivity contribution < 1.29 is 17.2 Å². The van der Waals surface area contributed by atoms with Crippen molar-refractivity contribution in [1.29, 1.82) is 0 Å². The summed E-state index contributed by atoms with van der Waals surface area (Å²) in [5.74, 6) is -2.50.